The van der Waals surface area contributed by atoms with Crippen LogP contribution in [0.2, 0.25) is 0 Å². The number of furan rings is 1. The van der Waals surface area contributed by atoms with Crippen molar-refractivity contribution in [2.45, 2.75) is 6.04 Å². The fourth-order valence-corrected chi connectivity index (χ4v) is 2.14. The van der Waals surface area contributed by atoms with Crippen LogP contribution in [0, 0.1) is 0 Å². The van der Waals surface area contributed by atoms with Crippen molar-refractivity contribution in [2.75, 3.05) is 14.2 Å². The van der Waals surface area contributed by atoms with Gasteiger partial charge in [0, 0.05) is 0 Å². The third-order valence-electron chi connectivity index (χ3n) is 2.68. The van der Waals surface area contributed by atoms with Crippen molar-refractivity contribution >= 4 is 15.9 Å². The summed E-state index contributed by atoms with van der Waals surface area (Å²) in [5, 5.41) is 0. The third-order valence-corrected chi connectivity index (χ3v) is 3.10. The molecule has 0 spiro atoms. The minimum atomic E-state index is -0.442. The maximum atomic E-state index is 6.21. The average Bonchev–Trinajstić information content (AvgIpc) is 2.83. The lowest BCUT2D eigenvalue weighted by molar-refractivity contribution is 0.375. The van der Waals surface area contributed by atoms with E-state index in [0.29, 0.717) is 21.9 Å². The van der Waals surface area contributed by atoms with Gasteiger partial charge in [0.2, 0.25) is 0 Å². The first-order valence-electron chi connectivity index (χ1n) is 5.39. The van der Waals surface area contributed by atoms with Crippen LogP contribution in [-0.2, 0) is 0 Å². The number of hydrogen-bond donors (Lipinski definition) is 1. The molecule has 18 heavy (non-hydrogen) atoms. The predicted octanol–water partition coefficient (Wildman–Crippen LogP) is 3.11. The van der Waals surface area contributed by atoms with Gasteiger partial charge < -0.3 is 19.6 Å². The zero-order valence-electron chi connectivity index (χ0n) is 10.1. The van der Waals surface area contributed by atoms with Gasteiger partial charge >= 0.3 is 0 Å². The Morgan fingerprint density at radius 2 is 1.72 bits per heavy atom. The zero-order valence-corrected chi connectivity index (χ0v) is 11.7. The van der Waals surface area contributed by atoms with Gasteiger partial charge in [-0.05, 0) is 40.2 Å². The zero-order chi connectivity index (χ0) is 13.1. The van der Waals surface area contributed by atoms with E-state index < -0.39 is 6.04 Å². The summed E-state index contributed by atoms with van der Waals surface area (Å²) in [6.07, 6.45) is 0. The molecule has 96 valence electrons. The van der Waals surface area contributed by atoms with Gasteiger partial charge in [0.1, 0.15) is 17.3 Å². The molecule has 4 nitrogen and oxygen atoms in total. The molecule has 1 heterocycles. The Labute approximate surface area is 114 Å². The molecule has 0 radical (unpaired) electrons. The highest BCUT2D eigenvalue weighted by Crippen LogP contribution is 2.36. The van der Waals surface area contributed by atoms with Gasteiger partial charge in [0.25, 0.3) is 0 Å². The summed E-state index contributed by atoms with van der Waals surface area (Å²) in [5.74, 6) is 1.99. The fourth-order valence-electron chi connectivity index (χ4n) is 1.82. The Bertz CT molecular complexity index is 517. The number of benzene rings is 1. The van der Waals surface area contributed by atoms with Crippen LogP contribution in [-0.4, -0.2) is 14.2 Å². The molecule has 1 atom stereocenters. The van der Waals surface area contributed by atoms with Crippen molar-refractivity contribution in [3.8, 4) is 11.5 Å². The van der Waals surface area contributed by atoms with Gasteiger partial charge in [-0.1, -0.05) is 6.07 Å². The minimum Gasteiger partial charge on any atom is -0.496 e. The molecular formula is C13H14BrNO3. The first-order valence-corrected chi connectivity index (χ1v) is 6.18. The quantitative estimate of drug-likeness (QED) is 0.942. The molecule has 0 aliphatic carbocycles. The second-order valence-electron chi connectivity index (χ2n) is 3.70. The van der Waals surface area contributed by atoms with Gasteiger partial charge in [-0.15, -0.1) is 0 Å². The van der Waals surface area contributed by atoms with E-state index in [1.807, 2.05) is 24.3 Å². The predicted molar refractivity (Wildman–Crippen MR) is 72.0 cm³/mol. The number of ether oxygens (including phenoxy) is 2. The summed E-state index contributed by atoms with van der Waals surface area (Å²) in [4.78, 5) is 0. The molecule has 0 fully saturated rings. The second kappa shape index (κ2) is 5.46. The molecule has 0 aliphatic rings. The monoisotopic (exact) mass is 311 g/mol. The van der Waals surface area contributed by atoms with E-state index in [1.165, 1.54) is 0 Å². The van der Waals surface area contributed by atoms with Crippen LogP contribution < -0.4 is 15.2 Å². The Hall–Kier alpha value is -1.46. The number of nitrogens with two attached hydrogens (primary N) is 1. The molecular weight excluding hydrogens is 298 g/mol. The molecule has 0 saturated heterocycles. The Kier molecular flexibility index (Phi) is 3.93. The lowest BCUT2D eigenvalue weighted by Gasteiger charge is -2.17. The molecule has 0 amide bonds. The summed E-state index contributed by atoms with van der Waals surface area (Å²) in [7, 11) is 3.20. The SMILES string of the molecule is COc1cccc(OC)c1C(N)c1ccc(Br)o1. The van der Waals surface area contributed by atoms with Gasteiger partial charge in [0.05, 0.1) is 25.8 Å². The Morgan fingerprint density at radius 1 is 1.11 bits per heavy atom. The normalized spacial score (nSPS) is 12.2. The van der Waals surface area contributed by atoms with E-state index in [4.69, 9.17) is 19.6 Å². The van der Waals surface area contributed by atoms with E-state index in [0.717, 1.165) is 5.56 Å². The minimum absolute atomic E-state index is 0.442. The fraction of sp³-hybridized carbons (Fsp3) is 0.231. The molecule has 1 aromatic carbocycles. The summed E-state index contributed by atoms with van der Waals surface area (Å²) in [5.41, 5.74) is 6.98. The van der Waals surface area contributed by atoms with Crippen LogP contribution >= 0.6 is 15.9 Å². The molecule has 0 saturated carbocycles. The first-order chi connectivity index (χ1) is 8.67. The topological polar surface area (TPSA) is 57.6 Å². The molecule has 0 aliphatic heterocycles. The lowest BCUT2D eigenvalue weighted by atomic mass is 10.0. The molecule has 1 unspecified atom stereocenters. The van der Waals surface area contributed by atoms with E-state index in [1.54, 1.807) is 20.3 Å². The summed E-state index contributed by atoms with van der Waals surface area (Å²) in [6.45, 7) is 0. The van der Waals surface area contributed by atoms with Crippen molar-refractivity contribution in [1.82, 2.24) is 0 Å². The van der Waals surface area contributed by atoms with Crippen LogP contribution in [0.4, 0.5) is 0 Å². The number of halogens is 1. The smallest absolute Gasteiger partial charge is 0.169 e. The van der Waals surface area contributed by atoms with Gasteiger partial charge in [-0.2, -0.15) is 0 Å². The number of rotatable bonds is 4. The van der Waals surface area contributed by atoms with Crippen LogP contribution in [0.25, 0.3) is 0 Å². The van der Waals surface area contributed by atoms with E-state index in [-0.39, 0.29) is 0 Å². The largest absolute Gasteiger partial charge is 0.496 e. The van der Waals surface area contributed by atoms with Crippen molar-refractivity contribution in [2.24, 2.45) is 5.73 Å². The highest BCUT2D eigenvalue weighted by molar-refractivity contribution is 9.10. The third kappa shape index (κ3) is 2.37. The maximum Gasteiger partial charge on any atom is 0.169 e. The first kappa shape index (κ1) is 13.0. The van der Waals surface area contributed by atoms with Gasteiger partial charge in [-0.25, -0.2) is 0 Å². The van der Waals surface area contributed by atoms with E-state index >= 15 is 0 Å². The number of methoxy groups -OCH3 is 2. The molecule has 2 rings (SSSR count). The van der Waals surface area contributed by atoms with Crippen LogP contribution in [0.1, 0.15) is 17.4 Å². The van der Waals surface area contributed by atoms with Gasteiger partial charge in [0.15, 0.2) is 4.67 Å². The highest BCUT2D eigenvalue weighted by atomic mass is 79.9. The lowest BCUT2D eigenvalue weighted by Crippen LogP contribution is -2.13. The Balaban J connectivity index is 2.48. The summed E-state index contributed by atoms with van der Waals surface area (Å²) < 4.78 is 16.8. The summed E-state index contributed by atoms with van der Waals surface area (Å²) in [6, 6.07) is 8.72. The van der Waals surface area contributed by atoms with Crippen molar-refractivity contribution < 1.29 is 13.9 Å². The number of hydrogen-bond acceptors (Lipinski definition) is 4. The van der Waals surface area contributed by atoms with Crippen molar-refractivity contribution in [1.29, 1.82) is 0 Å². The molecule has 0 bridgehead atoms. The van der Waals surface area contributed by atoms with E-state index in [9.17, 15) is 0 Å². The molecule has 1 aromatic heterocycles. The van der Waals surface area contributed by atoms with Crippen LogP contribution in [0.3, 0.4) is 0 Å². The maximum absolute atomic E-state index is 6.21. The Morgan fingerprint density at radius 3 is 2.17 bits per heavy atom. The standard InChI is InChI=1S/C13H14BrNO3/c1-16-8-4-3-5-9(17-2)12(8)13(15)10-6-7-11(14)18-10/h3-7,13H,15H2,1-2H3. The van der Waals surface area contributed by atoms with Crippen molar-refractivity contribution in [3.63, 3.8) is 0 Å². The second-order valence-corrected chi connectivity index (χ2v) is 4.48. The van der Waals surface area contributed by atoms with Crippen molar-refractivity contribution in [3.05, 3.63) is 46.3 Å². The average molecular weight is 312 g/mol. The van der Waals surface area contributed by atoms with Crippen LogP contribution in [0.15, 0.2) is 39.4 Å². The molecule has 2 aromatic rings. The van der Waals surface area contributed by atoms with Gasteiger partial charge in [-0.3, -0.25) is 0 Å². The molecule has 2 N–H and O–H groups in total. The summed E-state index contributed by atoms with van der Waals surface area (Å²) >= 11 is 3.26. The highest BCUT2D eigenvalue weighted by Gasteiger charge is 2.21. The molecule has 5 heteroatoms. The van der Waals surface area contributed by atoms with E-state index in [2.05, 4.69) is 15.9 Å². The van der Waals surface area contributed by atoms with Crippen LogP contribution in [0.5, 0.6) is 11.5 Å².